The van der Waals surface area contributed by atoms with Gasteiger partial charge >= 0.3 is 0 Å². The lowest BCUT2D eigenvalue weighted by molar-refractivity contribution is 0.0307. The standard InChI is InChI=1S/C19H23NO4/c1-5-18(24-14-22-4)19-16(11-12-23-6-2)15-9-7-8-10-17(15)20(19)13-21-3/h7-12H,1,6,13-14H2,2-4H3/b12-11+. The van der Waals surface area contributed by atoms with Gasteiger partial charge in [-0.15, -0.1) is 0 Å². The average molecular weight is 329 g/mol. The van der Waals surface area contributed by atoms with Gasteiger partial charge in [0.15, 0.2) is 12.6 Å². The number of para-hydroxylation sites is 1. The zero-order valence-electron chi connectivity index (χ0n) is 14.4. The Morgan fingerprint density at radius 1 is 1.25 bits per heavy atom. The van der Waals surface area contributed by atoms with Crippen molar-refractivity contribution in [3.8, 4) is 0 Å². The van der Waals surface area contributed by atoms with E-state index in [1.54, 1.807) is 20.5 Å². The highest BCUT2D eigenvalue weighted by Crippen LogP contribution is 2.32. The lowest BCUT2D eigenvalue weighted by atomic mass is 10.1. The van der Waals surface area contributed by atoms with Crippen LogP contribution < -0.4 is 0 Å². The number of aromatic nitrogens is 1. The molecule has 0 amide bonds. The molecule has 0 aliphatic rings. The Morgan fingerprint density at radius 2 is 2.04 bits per heavy atom. The van der Waals surface area contributed by atoms with Crippen LogP contribution in [0.5, 0.6) is 0 Å². The minimum Gasteiger partial charge on any atom is -0.501 e. The first-order valence-corrected chi connectivity index (χ1v) is 7.68. The van der Waals surface area contributed by atoms with Crippen molar-refractivity contribution in [2.45, 2.75) is 13.7 Å². The molecule has 128 valence electrons. The van der Waals surface area contributed by atoms with Gasteiger partial charge in [0.05, 0.1) is 18.4 Å². The molecule has 5 nitrogen and oxygen atoms in total. The van der Waals surface area contributed by atoms with Gasteiger partial charge in [-0.2, -0.15) is 0 Å². The molecule has 1 aromatic carbocycles. The van der Waals surface area contributed by atoms with Crippen LogP contribution in [-0.4, -0.2) is 32.2 Å². The Balaban J connectivity index is 2.69. The molecule has 0 atom stereocenters. The second kappa shape index (κ2) is 8.99. The van der Waals surface area contributed by atoms with Crippen molar-refractivity contribution in [3.05, 3.63) is 54.1 Å². The fourth-order valence-corrected chi connectivity index (χ4v) is 2.54. The number of hydrogen-bond acceptors (Lipinski definition) is 4. The molecule has 0 saturated carbocycles. The van der Waals surface area contributed by atoms with Gasteiger partial charge in [-0.05, 0) is 19.1 Å². The van der Waals surface area contributed by atoms with Crippen molar-refractivity contribution in [2.75, 3.05) is 27.6 Å². The van der Waals surface area contributed by atoms with E-state index in [9.17, 15) is 0 Å². The Hall–Kier alpha value is -2.46. The van der Waals surface area contributed by atoms with Gasteiger partial charge < -0.3 is 23.5 Å². The highest BCUT2D eigenvalue weighted by atomic mass is 16.7. The van der Waals surface area contributed by atoms with E-state index in [0.29, 0.717) is 19.1 Å². The molecule has 0 fully saturated rings. The first-order valence-electron chi connectivity index (χ1n) is 7.68. The minimum absolute atomic E-state index is 0.112. The summed E-state index contributed by atoms with van der Waals surface area (Å²) in [5.41, 5.74) is 5.66. The number of nitrogens with zero attached hydrogens (tertiary/aromatic N) is 1. The number of ether oxygens (including phenoxy) is 4. The smallest absolute Gasteiger partial charge is 0.189 e. The Kier molecular flexibility index (Phi) is 6.70. The molecule has 1 heterocycles. The van der Waals surface area contributed by atoms with Gasteiger partial charge in [0, 0.05) is 25.2 Å². The lowest BCUT2D eigenvalue weighted by Gasteiger charge is -2.13. The molecule has 0 saturated heterocycles. The van der Waals surface area contributed by atoms with Gasteiger partial charge in [-0.1, -0.05) is 30.5 Å². The van der Waals surface area contributed by atoms with Crippen LogP contribution >= 0.6 is 0 Å². The molecule has 1 aromatic heterocycles. The number of benzene rings is 1. The zero-order valence-corrected chi connectivity index (χ0v) is 14.4. The molecular weight excluding hydrogens is 306 g/mol. The fourth-order valence-electron chi connectivity index (χ4n) is 2.54. The van der Waals surface area contributed by atoms with Crippen LogP contribution in [0.25, 0.3) is 22.7 Å². The average Bonchev–Trinajstić information content (AvgIpc) is 2.91. The van der Waals surface area contributed by atoms with Crippen LogP contribution in [0.15, 0.2) is 42.8 Å². The number of methoxy groups -OCH3 is 2. The molecule has 2 aromatic rings. The van der Waals surface area contributed by atoms with Crippen molar-refractivity contribution in [1.29, 1.82) is 0 Å². The summed E-state index contributed by atoms with van der Waals surface area (Å²) in [5.74, 6) is 0.501. The Bertz CT molecular complexity index is 754. The highest BCUT2D eigenvalue weighted by Gasteiger charge is 2.19. The van der Waals surface area contributed by atoms with E-state index in [0.717, 1.165) is 22.2 Å². The van der Waals surface area contributed by atoms with Crippen molar-refractivity contribution < 1.29 is 18.9 Å². The van der Waals surface area contributed by atoms with Crippen molar-refractivity contribution in [1.82, 2.24) is 4.57 Å². The lowest BCUT2D eigenvalue weighted by Crippen LogP contribution is -2.07. The third-order valence-corrected chi connectivity index (χ3v) is 3.46. The summed E-state index contributed by atoms with van der Waals surface area (Å²) in [7, 11) is 3.23. The van der Waals surface area contributed by atoms with Gasteiger partial charge in [0.1, 0.15) is 12.4 Å². The first kappa shape index (κ1) is 17.9. The van der Waals surface area contributed by atoms with Gasteiger partial charge in [0.25, 0.3) is 0 Å². The van der Waals surface area contributed by atoms with Crippen LogP contribution in [0.4, 0.5) is 0 Å². The highest BCUT2D eigenvalue weighted by molar-refractivity contribution is 5.95. The summed E-state index contributed by atoms with van der Waals surface area (Å²) < 4.78 is 23.4. The summed E-state index contributed by atoms with van der Waals surface area (Å²) >= 11 is 0. The predicted octanol–water partition coefficient (Wildman–Crippen LogP) is 4.00. The molecule has 0 bridgehead atoms. The minimum atomic E-state index is 0.112. The molecule has 5 heteroatoms. The molecule has 0 spiro atoms. The number of fused-ring (bicyclic) bond motifs is 1. The van der Waals surface area contributed by atoms with Gasteiger partial charge in [0.2, 0.25) is 0 Å². The second-order valence-electron chi connectivity index (χ2n) is 4.94. The number of rotatable bonds is 9. The fraction of sp³-hybridized carbons (Fsp3) is 0.316. The zero-order chi connectivity index (χ0) is 17.4. The largest absolute Gasteiger partial charge is 0.501 e. The van der Waals surface area contributed by atoms with Crippen LogP contribution in [0.2, 0.25) is 0 Å². The van der Waals surface area contributed by atoms with Crippen LogP contribution in [0, 0.1) is 0 Å². The molecular formula is C19H23NO4. The molecule has 2 rings (SSSR count). The Morgan fingerprint density at radius 3 is 2.71 bits per heavy atom. The molecule has 24 heavy (non-hydrogen) atoms. The van der Waals surface area contributed by atoms with E-state index < -0.39 is 0 Å². The third kappa shape index (κ3) is 3.71. The SMILES string of the molecule is C=C=C(OCOC)c1c(/C=C/OCC)c2ccccc2n1COC. The van der Waals surface area contributed by atoms with Gasteiger partial charge in [-0.3, -0.25) is 0 Å². The summed E-state index contributed by atoms with van der Waals surface area (Å²) in [6, 6.07) is 8.07. The summed E-state index contributed by atoms with van der Waals surface area (Å²) in [4.78, 5) is 0. The normalized spacial score (nSPS) is 11.0. The molecule has 0 N–H and O–H groups in total. The van der Waals surface area contributed by atoms with Crippen molar-refractivity contribution in [3.63, 3.8) is 0 Å². The van der Waals surface area contributed by atoms with Crippen LogP contribution in [0.3, 0.4) is 0 Å². The third-order valence-electron chi connectivity index (χ3n) is 3.46. The predicted molar refractivity (Wildman–Crippen MR) is 95.1 cm³/mol. The Labute approximate surface area is 142 Å². The molecule has 0 radical (unpaired) electrons. The second-order valence-corrected chi connectivity index (χ2v) is 4.94. The van der Waals surface area contributed by atoms with Crippen LogP contribution in [-0.2, 0) is 25.7 Å². The van der Waals surface area contributed by atoms with Gasteiger partial charge in [-0.25, -0.2) is 0 Å². The topological polar surface area (TPSA) is 41.9 Å². The molecule has 0 aliphatic carbocycles. The van der Waals surface area contributed by atoms with Crippen molar-refractivity contribution in [2.24, 2.45) is 0 Å². The summed E-state index contributed by atoms with van der Waals surface area (Å²) in [6.45, 7) is 6.78. The molecule has 0 aliphatic heterocycles. The van der Waals surface area contributed by atoms with E-state index in [1.165, 1.54) is 0 Å². The van der Waals surface area contributed by atoms with E-state index in [4.69, 9.17) is 18.9 Å². The monoisotopic (exact) mass is 329 g/mol. The maximum absolute atomic E-state index is 5.66. The maximum Gasteiger partial charge on any atom is 0.189 e. The van der Waals surface area contributed by atoms with E-state index in [2.05, 4.69) is 12.3 Å². The first-order chi connectivity index (χ1) is 11.8. The van der Waals surface area contributed by atoms with E-state index in [-0.39, 0.29) is 6.79 Å². The van der Waals surface area contributed by atoms with E-state index in [1.807, 2.05) is 41.8 Å². The van der Waals surface area contributed by atoms with Crippen LogP contribution in [0.1, 0.15) is 18.2 Å². The number of hydrogen-bond donors (Lipinski definition) is 0. The summed E-state index contributed by atoms with van der Waals surface area (Å²) in [5, 5.41) is 1.06. The maximum atomic E-state index is 5.66. The van der Waals surface area contributed by atoms with E-state index >= 15 is 0 Å². The molecule has 0 unspecified atom stereocenters. The van der Waals surface area contributed by atoms with Crippen molar-refractivity contribution >= 4 is 22.7 Å². The summed E-state index contributed by atoms with van der Waals surface area (Å²) in [6.07, 6.45) is 3.60. The quantitative estimate of drug-likeness (QED) is 0.396.